The molecule has 4 atom stereocenters. The highest BCUT2D eigenvalue weighted by atomic mass is 16.3. The van der Waals surface area contributed by atoms with E-state index in [9.17, 15) is 5.11 Å². The van der Waals surface area contributed by atoms with Gasteiger partial charge in [-0.05, 0) is 51.5 Å². The van der Waals surface area contributed by atoms with Crippen LogP contribution in [0.1, 0.15) is 38.5 Å². The number of likely N-dealkylation sites (N-methyl/N-ethyl adjacent to an activating group) is 1. The summed E-state index contributed by atoms with van der Waals surface area (Å²) in [6.07, 6.45) is 7.88. The third-order valence-electron chi connectivity index (χ3n) is 5.34. The van der Waals surface area contributed by atoms with Gasteiger partial charge in [-0.25, -0.2) is 0 Å². The van der Waals surface area contributed by atoms with Crippen LogP contribution >= 0.6 is 0 Å². The van der Waals surface area contributed by atoms with Crippen LogP contribution in [0, 0.1) is 5.92 Å². The second-order valence-electron chi connectivity index (χ2n) is 6.11. The van der Waals surface area contributed by atoms with Crippen molar-refractivity contribution >= 4 is 0 Å². The molecule has 1 saturated heterocycles. The zero-order valence-corrected chi connectivity index (χ0v) is 10.3. The highest BCUT2D eigenvalue weighted by molar-refractivity contribution is 5.03. The monoisotopic (exact) mass is 224 g/mol. The van der Waals surface area contributed by atoms with Crippen molar-refractivity contribution in [1.82, 2.24) is 10.2 Å². The second kappa shape index (κ2) is 3.97. The van der Waals surface area contributed by atoms with Crippen LogP contribution in [0.3, 0.4) is 0 Å². The van der Waals surface area contributed by atoms with Crippen LogP contribution in [0.4, 0.5) is 0 Å². The molecule has 1 heterocycles. The van der Waals surface area contributed by atoms with Crippen LogP contribution in [0.5, 0.6) is 0 Å². The van der Waals surface area contributed by atoms with E-state index in [2.05, 4.69) is 10.2 Å². The molecule has 3 rings (SSSR count). The molecule has 4 unspecified atom stereocenters. The van der Waals surface area contributed by atoms with E-state index in [1.807, 2.05) is 7.05 Å². The van der Waals surface area contributed by atoms with Crippen LogP contribution in [0.2, 0.25) is 0 Å². The normalized spacial score (nSPS) is 48.0. The Balaban J connectivity index is 1.65. The molecule has 2 aliphatic carbocycles. The maximum atomic E-state index is 9.53. The number of nitrogens with one attached hydrogen (secondary N) is 1. The Morgan fingerprint density at radius 2 is 2.19 bits per heavy atom. The van der Waals surface area contributed by atoms with E-state index >= 15 is 0 Å². The number of hydrogen-bond donors (Lipinski definition) is 2. The average Bonchev–Trinajstić information content (AvgIpc) is 3.03. The van der Waals surface area contributed by atoms with Crippen molar-refractivity contribution in [1.29, 1.82) is 0 Å². The van der Waals surface area contributed by atoms with E-state index in [1.54, 1.807) is 0 Å². The zero-order chi connectivity index (χ0) is 11.2. The molecule has 3 nitrogen and oxygen atoms in total. The van der Waals surface area contributed by atoms with Crippen molar-refractivity contribution < 1.29 is 5.11 Å². The minimum absolute atomic E-state index is 0.0203. The molecule has 0 aromatic rings. The van der Waals surface area contributed by atoms with Gasteiger partial charge < -0.3 is 10.4 Å². The Kier molecular flexibility index (Phi) is 2.73. The molecule has 2 N–H and O–H groups in total. The summed E-state index contributed by atoms with van der Waals surface area (Å²) in [5.41, 5.74) is 0.0203. The summed E-state index contributed by atoms with van der Waals surface area (Å²) < 4.78 is 0. The Hall–Kier alpha value is -0.120. The zero-order valence-electron chi connectivity index (χ0n) is 10.3. The lowest BCUT2D eigenvalue weighted by molar-refractivity contribution is 0.126. The molecule has 2 bridgehead atoms. The van der Waals surface area contributed by atoms with Crippen LogP contribution in [0.15, 0.2) is 0 Å². The topological polar surface area (TPSA) is 35.5 Å². The van der Waals surface area contributed by atoms with Crippen molar-refractivity contribution in [3.8, 4) is 0 Å². The number of rotatable bonds is 3. The second-order valence-corrected chi connectivity index (χ2v) is 6.11. The van der Waals surface area contributed by atoms with Gasteiger partial charge in [0.25, 0.3) is 0 Å². The highest BCUT2D eigenvalue weighted by Crippen LogP contribution is 2.43. The van der Waals surface area contributed by atoms with E-state index in [0.717, 1.165) is 30.8 Å². The first-order valence-corrected chi connectivity index (χ1v) is 6.82. The molecule has 0 radical (unpaired) electrons. The van der Waals surface area contributed by atoms with Crippen molar-refractivity contribution in [2.75, 3.05) is 20.2 Å². The standard InChI is InChI=1S/C13H24N2O/c1-14-13(9-16)5-4-12(7-13)15-8-10-2-3-11(15)6-10/h10-12,14,16H,2-9H2,1H3. The minimum atomic E-state index is 0.0203. The van der Waals surface area contributed by atoms with Gasteiger partial charge >= 0.3 is 0 Å². The molecule has 3 heteroatoms. The quantitative estimate of drug-likeness (QED) is 0.750. The fraction of sp³-hybridized carbons (Fsp3) is 1.00. The molecule has 3 fully saturated rings. The van der Waals surface area contributed by atoms with E-state index in [0.29, 0.717) is 6.61 Å². The van der Waals surface area contributed by atoms with E-state index < -0.39 is 0 Å². The molecule has 0 aromatic carbocycles. The van der Waals surface area contributed by atoms with Gasteiger partial charge in [-0.15, -0.1) is 0 Å². The van der Waals surface area contributed by atoms with Crippen molar-refractivity contribution in [2.24, 2.45) is 5.92 Å². The Morgan fingerprint density at radius 3 is 2.69 bits per heavy atom. The first-order chi connectivity index (χ1) is 7.76. The molecule has 2 saturated carbocycles. The summed E-state index contributed by atoms with van der Waals surface area (Å²) in [6, 6.07) is 1.61. The van der Waals surface area contributed by atoms with Crippen LogP contribution in [-0.2, 0) is 0 Å². The number of piperidine rings is 1. The van der Waals surface area contributed by atoms with Gasteiger partial charge in [-0.3, -0.25) is 4.90 Å². The van der Waals surface area contributed by atoms with Gasteiger partial charge in [-0.2, -0.15) is 0 Å². The number of likely N-dealkylation sites (tertiary alicyclic amines) is 1. The lowest BCUT2D eigenvalue weighted by Gasteiger charge is -2.34. The van der Waals surface area contributed by atoms with E-state index in [-0.39, 0.29) is 5.54 Å². The van der Waals surface area contributed by atoms with Crippen molar-refractivity contribution in [3.05, 3.63) is 0 Å². The average molecular weight is 224 g/mol. The molecular formula is C13H24N2O. The van der Waals surface area contributed by atoms with Gasteiger partial charge in [0.05, 0.1) is 6.61 Å². The van der Waals surface area contributed by atoms with E-state index in [1.165, 1.54) is 32.2 Å². The number of nitrogens with zero attached hydrogens (tertiary/aromatic N) is 1. The molecule has 16 heavy (non-hydrogen) atoms. The lowest BCUT2D eigenvalue weighted by Crippen LogP contribution is -2.47. The highest BCUT2D eigenvalue weighted by Gasteiger charge is 2.46. The fourth-order valence-electron chi connectivity index (χ4n) is 4.24. The smallest absolute Gasteiger partial charge is 0.0613 e. The third-order valence-corrected chi connectivity index (χ3v) is 5.34. The number of hydrogen-bond acceptors (Lipinski definition) is 3. The fourth-order valence-corrected chi connectivity index (χ4v) is 4.24. The molecular weight excluding hydrogens is 200 g/mol. The Labute approximate surface area is 98.2 Å². The molecule has 0 spiro atoms. The molecule has 1 aliphatic heterocycles. The predicted octanol–water partition coefficient (Wildman–Crippen LogP) is 0.974. The van der Waals surface area contributed by atoms with Gasteiger partial charge in [0.2, 0.25) is 0 Å². The van der Waals surface area contributed by atoms with E-state index in [4.69, 9.17) is 0 Å². The third kappa shape index (κ3) is 1.60. The largest absolute Gasteiger partial charge is 0.394 e. The van der Waals surface area contributed by atoms with Gasteiger partial charge in [0.1, 0.15) is 0 Å². The molecule has 0 aromatic heterocycles. The van der Waals surface area contributed by atoms with Crippen molar-refractivity contribution in [3.63, 3.8) is 0 Å². The summed E-state index contributed by atoms with van der Waals surface area (Å²) in [6.45, 7) is 1.63. The number of fused-ring (bicyclic) bond motifs is 2. The predicted molar refractivity (Wildman–Crippen MR) is 64.4 cm³/mol. The first kappa shape index (κ1) is 11.0. The van der Waals surface area contributed by atoms with Crippen LogP contribution in [0.25, 0.3) is 0 Å². The Morgan fingerprint density at radius 1 is 1.31 bits per heavy atom. The minimum Gasteiger partial charge on any atom is -0.394 e. The number of aliphatic hydroxyl groups excluding tert-OH is 1. The summed E-state index contributed by atoms with van der Waals surface area (Å²) in [5, 5.41) is 12.9. The van der Waals surface area contributed by atoms with Gasteiger partial charge in [-0.1, -0.05) is 0 Å². The maximum Gasteiger partial charge on any atom is 0.0613 e. The summed E-state index contributed by atoms with van der Waals surface area (Å²) in [4.78, 5) is 2.75. The van der Waals surface area contributed by atoms with Crippen LogP contribution < -0.4 is 5.32 Å². The molecule has 92 valence electrons. The Bertz CT molecular complexity index is 265. The number of aliphatic hydroxyl groups is 1. The summed E-state index contributed by atoms with van der Waals surface area (Å²) in [5.74, 6) is 0.990. The van der Waals surface area contributed by atoms with Crippen molar-refractivity contribution in [2.45, 2.75) is 56.1 Å². The summed E-state index contributed by atoms with van der Waals surface area (Å²) in [7, 11) is 1.99. The molecule has 0 amide bonds. The SMILES string of the molecule is CNC1(CO)CCC(N2CC3CCC2C3)C1. The summed E-state index contributed by atoms with van der Waals surface area (Å²) >= 11 is 0. The van der Waals surface area contributed by atoms with Crippen LogP contribution in [-0.4, -0.2) is 47.8 Å². The molecule has 3 aliphatic rings. The first-order valence-electron chi connectivity index (χ1n) is 6.82. The van der Waals surface area contributed by atoms with Gasteiger partial charge in [0.15, 0.2) is 0 Å². The lowest BCUT2D eigenvalue weighted by atomic mass is 9.98. The maximum absolute atomic E-state index is 9.53. The van der Waals surface area contributed by atoms with Gasteiger partial charge in [0, 0.05) is 24.2 Å².